The maximum atomic E-state index is 13.2. The number of hydrogen-bond donors (Lipinski definition) is 2. The molecule has 0 fully saturated rings. The lowest BCUT2D eigenvalue weighted by atomic mass is 10.2. The van der Waals surface area contributed by atoms with Gasteiger partial charge in [0.25, 0.3) is 5.91 Å². The van der Waals surface area contributed by atoms with Crippen LogP contribution >= 0.6 is 15.9 Å². The molecule has 2 rings (SSSR count). The van der Waals surface area contributed by atoms with Crippen LogP contribution in [0, 0.1) is 5.82 Å². The van der Waals surface area contributed by atoms with Crippen LogP contribution in [-0.2, 0) is 0 Å². The summed E-state index contributed by atoms with van der Waals surface area (Å²) in [5, 5.41) is 2.63. The molecule has 0 saturated carbocycles. The first-order valence-corrected chi connectivity index (χ1v) is 6.91. The monoisotopic (exact) mass is 339 g/mol. The summed E-state index contributed by atoms with van der Waals surface area (Å²) in [6.07, 6.45) is 1.83. The Morgan fingerprint density at radius 2 is 2.10 bits per heavy atom. The molecule has 0 spiro atoms. The predicted octanol–water partition coefficient (Wildman–Crippen LogP) is 3.81. The third-order valence-electron chi connectivity index (χ3n) is 2.87. The lowest BCUT2D eigenvalue weighted by Gasteiger charge is -2.13. The smallest absolute Gasteiger partial charge is 0.272 e. The summed E-state index contributed by atoms with van der Waals surface area (Å²) in [5.41, 5.74) is 6.79. The third kappa shape index (κ3) is 3.01. The Bertz CT molecular complexity index is 652. The molecule has 0 bridgehead atoms. The fourth-order valence-electron chi connectivity index (χ4n) is 1.88. The Labute approximate surface area is 124 Å². The molecule has 1 heterocycles. The van der Waals surface area contributed by atoms with Gasteiger partial charge in [0.1, 0.15) is 11.5 Å². The van der Waals surface area contributed by atoms with Crippen molar-refractivity contribution < 1.29 is 9.18 Å². The van der Waals surface area contributed by atoms with Crippen LogP contribution in [0.15, 0.2) is 34.9 Å². The summed E-state index contributed by atoms with van der Waals surface area (Å²) in [7, 11) is 0. The molecule has 0 radical (unpaired) electrons. The van der Waals surface area contributed by atoms with Gasteiger partial charge in [0, 0.05) is 16.7 Å². The van der Waals surface area contributed by atoms with Gasteiger partial charge >= 0.3 is 0 Å². The van der Waals surface area contributed by atoms with E-state index in [0.29, 0.717) is 11.4 Å². The van der Waals surface area contributed by atoms with Crippen LogP contribution in [-0.4, -0.2) is 10.5 Å². The zero-order valence-corrected chi connectivity index (χ0v) is 12.7. The second-order valence-corrected chi connectivity index (χ2v) is 5.65. The van der Waals surface area contributed by atoms with Gasteiger partial charge in [-0.3, -0.25) is 4.79 Å². The first kappa shape index (κ1) is 14.6. The van der Waals surface area contributed by atoms with Crippen molar-refractivity contribution in [1.29, 1.82) is 0 Å². The number of amides is 1. The molecule has 0 aliphatic carbocycles. The summed E-state index contributed by atoms with van der Waals surface area (Å²) < 4.78 is 15.8. The van der Waals surface area contributed by atoms with Crippen molar-refractivity contribution in [2.24, 2.45) is 0 Å². The topological polar surface area (TPSA) is 60.0 Å². The molecular weight excluding hydrogens is 325 g/mol. The summed E-state index contributed by atoms with van der Waals surface area (Å²) in [6, 6.07) is 5.71. The average molecular weight is 340 g/mol. The largest absolute Gasteiger partial charge is 0.397 e. The zero-order chi connectivity index (χ0) is 14.9. The molecule has 1 aromatic heterocycles. The fourth-order valence-corrected chi connectivity index (χ4v) is 2.32. The number of aromatic nitrogens is 1. The van der Waals surface area contributed by atoms with Gasteiger partial charge in [-0.15, -0.1) is 0 Å². The van der Waals surface area contributed by atoms with E-state index in [4.69, 9.17) is 5.73 Å². The molecule has 1 amide bonds. The Kier molecular flexibility index (Phi) is 4.13. The van der Waals surface area contributed by atoms with E-state index in [2.05, 4.69) is 21.2 Å². The molecule has 0 unspecified atom stereocenters. The molecule has 20 heavy (non-hydrogen) atoms. The molecule has 0 aliphatic rings. The highest BCUT2D eigenvalue weighted by Gasteiger charge is 2.16. The number of carbonyl (C=O) groups is 1. The molecule has 0 aliphatic heterocycles. The molecule has 1 aromatic carbocycles. The number of carbonyl (C=O) groups excluding carboxylic acids is 1. The van der Waals surface area contributed by atoms with Crippen LogP contribution < -0.4 is 11.1 Å². The Hall–Kier alpha value is -1.82. The SMILES string of the molecule is CC(C)n1cc(Br)cc1C(=O)Nc1cc(F)ccc1N. The van der Waals surface area contributed by atoms with Crippen LogP contribution in [0.25, 0.3) is 0 Å². The number of halogens is 2. The summed E-state index contributed by atoms with van der Waals surface area (Å²) in [6.45, 7) is 3.94. The third-order valence-corrected chi connectivity index (χ3v) is 3.30. The highest BCUT2D eigenvalue weighted by atomic mass is 79.9. The molecule has 106 valence electrons. The first-order valence-electron chi connectivity index (χ1n) is 6.12. The molecule has 0 saturated heterocycles. The van der Waals surface area contributed by atoms with Gasteiger partial charge < -0.3 is 15.6 Å². The number of nitrogens with one attached hydrogen (secondary N) is 1. The van der Waals surface area contributed by atoms with Gasteiger partial charge in [0.05, 0.1) is 11.4 Å². The lowest BCUT2D eigenvalue weighted by Crippen LogP contribution is -2.18. The van der Waals surface area contributed by atoms with Gasteiger partial charge in [-0.05, 0) is 54.0 Å². The van der Waals surface area contributed by atoms with Crippen LogP contribution in [0.5, 0.6) is 0 Å². The minimum Gasteiger partial charge on any atom is -0.397 e. The average Bonchev–Trinajstić information content (AvgIpc) is 2.76. The molecule has 4 nitrogen and oxygen atoms in total. The number of benzene rings is 1. The van der Waals surface area contributed by atoms with Crippen molar-refractivity contribution in [1.82, 2.24) is 4.57 Å². The van der Waals surface area contributed by atoms with E-state index in [1.807, 2.05) is 24.6 Å². The summed E-state index contributed by atoms with van der Waals surface area (Å²) >= 11 is 3.35. The summed E-state index contributed by atoms with van der Waals surface area (Å²) in [4.78, 5) is 12.3. The van der Waals surface area contributed by atoms with Crippen LogP contribution in [0.2, 0.25) is 0 Å². The van der Waals surface area contributed by atoms with Crippen molar-refractivity contribution in [2.75, 3.05) is 11.1 Å². The fraction of sp³-hybridized carbons (Fsp3) is 0.214. The van der Waals surface area contributed by atoms with Crippen LogP contribution in [0.3, 0.4) is 0 Å². The number of nitrogens with zero attached hydrogens (tertiary/aromatic N) is 1. The van der Waals surface area contributed by atoms with E-state index in [1.54, 1.807) is 6.07 Å². The van der Waals surface area contributed by atoms with Gasteiger partial charge in [-0.1, -0.05) is 0 Å². The highest BCUT2D eigenvalue weighted by molar-refractivity contribution is 9.10. The first-order chi connectivity index (χ1) is 9.38. The lowest BCUT2D eigenvalue weighted by molar-refractivity contribution is 0.101. The Morgan fingerprint density at radius 3 is 2.75 bits per heavy atom. The van der Waals surface area contributed by atoms with E-state index in [9.17, 15) is 9.18 Å². The maximum Gasteiger partial charge on any atom is 0.272 e. The van der Waals surface area contributed by atoms with E-state index in [1.165, 1.54) is 18.2 Å². The minimum absolute atomic E-state index is 0.131. The molecular formula is C14H15BrFN3O. The molecule has 0 atom stereocenters. The second-order valence-electron chi connectivity index (χ2n) is 4.73. The van der Waals surface area contributed by atoms with Crippen molar-refractivity contribution in [3.05, 3.63) is 46.4 Å². The molecule has 3 N–H and O–H groups in total. The number of rotatable bonds is 3. The predicted molar refractivity (Wildman–Crippen MR) is 81.3 cm³/mol. The second kappa shape index (κ2) is 5.66. The van der Waals surface area contributed by atoms with Gasteiger partial charge in [-0.25, -0.2) is 4.39 Å². The van der Waals surface area contributed by atoms with E-state index in [0.717, 1.165) is 4.47 Å². The van der Waals surface area contributed by atoms with E-state index in [-0.39, 0.29) is 17.6 Å². The van der Waals surface area contributed by atoms with Crippen LogP contribution in [0.4, 0.5) is 15.8 Å². The van der Waals surface area contributed by atoms with Crippen molar-refractivity contribution in [2.45, 2.75) is 19.9 Å². The normalized spacial score (nSPS) is 10.8. The van der Waals surface area contributed by atoms with E-state index < -0.39 is 5.82 Å². The Balaban J connectivity index is 2.31. The Morgan fingerprint density at radius 1 is 1.40 bits per heavy atom. The van der Waals surface area contributed by atoms with Gasteiger partial charge in [-0.2, -0.15) is 0 Å². The summed E-state index contributed by atoms with van der Waals surface area (Å²) in [5.74, 6) is -0.781. The standard InChI is InChI=1S/C14H15BrFN3O/c1-8(2)19-7-9(15)5-13(19)14(20)18-12-6-10(16)3-4-11(12)17/h3-8H,17H2,1-2H3,(H,18,20). The number of nitrogen functional groups attached to an aromatic ring is 1. The number of hydrogen-bond acceptors (Lipinski definition) is 2. The zero-order valence-electron chi connectivity index (χ0n) is 11.2. The van der Waals surface area contributed by atoms with Gasteiger partial charge in [0.2, 0.25) is 0 Å². The number of nitrogens with two attached hydrogens (primary N) is 1. The van der Waals surface area contributed by atoms with Crippen LogP contribution in [0.1, 0.15) is 30.4 Å². The minimum atomic E-state index is -0.449. The molecule has 6 heteroatoms. The van der Waals surface area contributed by atoms with Gasteiger partial charge in [0.15, 0.2) is 0 Å². The highest BCUT2D eigenvalue weighted by Crippen LogP contribution is 2.23. The quantitative estimate of drug-likeness (QED) is 0.835. The van der Waals surface area contributed by atoms with Crippen molar-refractivity contribution in [3.63, 3.8) is 0 Å². The number of anilines is 2. The maximum absolute atomic E-state index is 13.2. The van der Waals surface area contributed by atoms with Crippen molar-refractivity contribution >= 4 is 33.2 Å². The van der Waals surface area contributed by atoms with E-state index >= 15 is 0 Å². The van der Waals surface area contributed by atoms with Crippen molar-refractivity contribution in [3.8, 4) is 0 Å². The molecule has 2 aromatic rings.